The van der Waals surface area contributed by atoms with Crippen LogP contribution in [0.1, 0.15) is 32.6 Å². The maximum absolute atomic E-state index is 12.6. The maximum Gasteiger partial charge on any atom is 0.409 e. The van der Waals surface area contributed by atoms with Gasteiger partial charge < -0.3 is 19.4 Å². The minimum absolute atomic E-state index is 0.0649. The Hall–Kier alpha value is -1.83. The first kappa shape index (κ1) is 18.9. The summed E-state index contributed by atoms with van der Waals surface area (Å²) in [5.74, 6) is 0.164. The van der Waals surface area contributed by atoms with Gasteiger partial charge in [0.15, 0.2) is 0 Å². The van der Waals surface area contributed by atoms with Gasteiger partial charge in [0.25, 0.3) is 0 Å². The molecule has 0 aliphatic carbocycles. The Labute approximate surface area is 155 Å². The summed E-state index contributed by atoms with van der Waals surface area (Å²) in [4.78, 5) is 43.9. The number of nitrogens with zero attached hydrogens (tertiary/aromatic N) is 4. The number of carbonyl (C=O) groups excluding carboxylic acids is 3. The average Bonchev–Trinajstić information content (AvgIpc) is 3.07. The molecule has 3 saturated heterocycles. The molecule has 0 saturated carbocycles. The van der Waals surface area contributed by atoms with Crippen LogP contribution in [0.5, 0.6) is 0 Å². The Morgan fingerprint density at radius 1 is 1.04 bits per heavy atom. The third-order valence-corrected chi connectivity index (χ3v) is 5.60. The Bertz CT molecular complexity index is 533. The number of piperidine rings is 1. The molecule has 0 spiro atoms. The molecule has 3 amide bonds. The van der Waals surface area contributed by atoms with Gasteiger partial charge in [-0.25, -0.2) is 4.79 Å². The molecule has 0 aromatic rings. The SMILES string of the molecule is CCOC(=O)N1CCN(C2CCCN(C(=O)CN3CCCC3=O)C2)CC1. The highest BCUT2D eigenvalue weighted by Gasteiger charge is 2.32. The fraction of sp³-hybridized carbons (Fsp3) is 0.833. The molecule has 1 unspecified atom stereocenters. The second-order valence-electron chi connectivity index (χ2n) is 7.28. The molecule has 3 heterocycles. The van der Waals surface area contributed by atoms with Crippen LogP contribution in [0.2, 0.25) is 0 Å². The van der Waals surface area contributed by atoms with E-state index in [1.807, 2.05) is 11.8 Å². The number of ether oxygens (including phenoxy) is 1. The topological polar surface area (TPSA) is 73.4 Å². The van der Waals surface area contributed by atoms with E-state index in [0.717, 1.165) is 45.4 Å². The molecule has 0 N–H and O–H groups in total. The Morgan fingerprint density at radius 3 is 2.46 bits per heavy atom. The summed E-state index contributed by atoms with van der Waals surface area (Å²) < 4.78 is 5.07. The zero-order valence-electron chi connectivity index (χ0n) is 15.7. The summed E-state index contributed by atoms with van der Waals surface area (Å²) in [6.45, 7) is 7.62. The zero-order valence-corrected chi connectivity index (χ0v) is 15.7. The molecule has 8 nitrogen and oxygen atoms in total. The summed E-state index contributed by atoms with van der Waals surface area (Å²) >= 11 is 0. The highest BCUT2D eigenvalue weighted by molar-refractivity contribution is 5.86. The summed E-state index contributed by atoms with van der Waals surface area (Å²) in [6, 6.07) is 0.339. The van der Waals surface area contributed by atoms with E-state index in [1.54, 1.807) is 9.80 Å². The van der Waals surface area contributed by atoms with Crippen molar-refractivity contribution < 1.29 is 19.1 Å². The van der Waals surface area contributed by atoms with Crippen LogP contribution in [0.3, 0.4) is 0 Å². The Kier molecular flexibility index (Phi) is 6.34. The molecule has 146 valence electrons. The Balaban J connectivity index is 1.47. The van der Waals surface area contributed by atoms with Gasteiger partial charge in [-0.3, -0.25) is 14.5 Å². The van der Waals surface area contributed by atoms with Crippen LogP contribution in [-0.4, -0.2) is 103 Å². The van der Waals surface area contributed by atoms with Gasteiger partial charge in [0, 0.05) is 58.3 Å². The summed E-state index contributed by atoms with van der Waals surface area (Å²) in [7, 11) is 0. The molecule has 8 heteroatoms. The molecular weight excluding hydrogens is 336 g/mol. The lowest BCUT2D eigenvalue weighted by molar-refractivity contribution is -0.139. The number of carbonyl (C=O) groups is 3. The van der Waals surface area contributed by atoms with E-state index < -0.39 is 0 Å². The van der Waals surface area contributed by atoms with Gasteiger partial charge in [0.05, 0.1) is 13.2 Å². The Morgan fingerprint density at radius 2 is 1.81 bits per heavy atom. The third kappa shape index (κ3) is 4.47. The molecule has 3 fully saturated rings. The maximum atomic E-state index is 12.6. The normalized spacial score (nSPS) is 24.9. The quantitative estimate of drug-likeness (QED) is 0.719. The second kappa shape index (κ2) is 8.70. The molecule has 3 rings (SSSR count). The molecular formula is C18H30N4O4. The van der Waals surface area contributed by atoms with Crippen LogP contribution < -0.4 is 0 Å². The molecule has 0 aromatic carbocycles. The van der Waals surface area contributed by atoms with Crippen molar-refractivity contribution >= 4 is 17.9 Å². The van der Waals surface area contributed by atoms with Crippen molar-refractivity contribution in [2.24, 2.45) is 0 Å². The summed E-state index contributed by atoms with van der Waals surface area (Å²) in [6.07, 6.45) is 3.26. The predicted octanol–water partition coefficient (Wildman–Crippen LogP) is 0.374. The van der Waals surface area contributed by atoms with E-state index in [-0.39, 0.29) is 24.5 Å². The van der Waals surface area contributed by atoms with Crippen LogP contribution >= 0.6 is 0 Å². The first-order chi connectivity index (χ1) is 12.6. The molecule has 1 atom stereocenters. The number of hydrogen-bond donors (Lipinski definition) is 0. The van der Waals surface area contributed by atoms with Crippen molar-refractivity contribution in [1.29, 1.82) is 0 Å². The van der Waals surface area contributed by atoms with Gasteiger partial charge in [-0.15, -0.1) is 0 Å². The fourth-order valence-electron chi connectivity index (χ4n) is 4.10. The van der Waals surface area contributed by atoms with Gasteiger partial charge in [-0.1, -0.05) is 0 Å². The second-order valence-corrected chi connectivity index (χ2v) is 7.28. The van der Waals surface area contributed by atoms with Crippen LogP contribution in [0.4, 0.5) is 4.79 Å². The third-order valence-electron chi connectivity index (χ3n) is 5.60. The molecule has 0 radical (unpaired) electrons. The van der Waals surface area contributed by atoms with Crippen LogP contribution in [0, 0.1) is 0 Å². The van der Waals surface area contributed by atoms with Crippen molar-refractivity contribution in [2.45, 2.75) is 38.6 Å². The first-order valence-corrected chi connectivity index (χ1v) is 9.79. The highest BCUT2D eigenvalue weighted by Crippen LogP contribution is 2.19. The van der Waals surface area contributed by atoms with Crippen LogP contribution in [0.15, 0.2) is 0 Å². The largest absolute Gasteiger partial charge is 0.450 e. The number of rotatable bonds is 4. The van der Waals surface area contributed by atoms with Crippen molar-refractivity contribution in [2.75, 3.05) is 59.0 Å². The van der Waals surface area contributed by atoms with Crippen LogP contribution in [0.25, 0.3) is 0 Å². The molecule has 3 aliphatic rings. The van der Waals surface area contributed by atoms with Crippen molar-refractivity contribution in [3.8, 4) is 0 Å². The first-order valence-electron chi connectivity index (χ1n) is 9.79. The lowest BCUT2D eigenvalue weighted by Crippen LogP contribution is -2.57. The summed E-state index contributed by atoms with van der Waals surface area (Å²) in [5, 5.41) is 0. The van der Waals surface area contributed by atoms with Gasteiger partial charge in [0.2, 0.25) is 11.8 Å². The lowest BCUT2D eigenvalue weighted by Gasteiger charge is -2.43. The monoisotopic (exact) mass is 366 g/mol. The van der Waals surface area contributed by atoms with E-state index in [1.165, 1.54) is 0 Å². The zero-order chi connectivity index (χ0) is 18.5. The van der Waals surface area contributed by atoms with E-state index in [9.17, 15) is 14.4 Å². The van der Waals surface area contributed by atoms with E-state index in [2.05, 4.69) is 4.90 Å². The van der Waals surface area contributed by atoms with Gasteiger partial charge in [-0.05, 0) is 26.2 Å². The number of amides is 3. The minimum Gasteiger partial charge on any atom is -0.450 e. The standard InChI is InChI=1S/C18H30N4O4/c1-2-26-18(25)20-11-9-19(10-12-20)15-5-3-7-21(13-15)17(24)14-22-8-4-6-16(22)23/h15H,2-14H2,1H3. The molecule has 0 bridgehead atoms. The molecule has 3 aliphatic heterocycles. The fourth-order valence-corrected chi connectivity index (χ4v) is 4.10. The number of piperazine rings is 1. The average molecular weight is 366 g/mol. The molecule has 26 heavy (non-hydrogen) atoms. The van der Waals surface area contributed by atoms with Crippen molar-refractivity contribution in [3.63, 3.8) is 0 Å². The summed E-state index contributed by atoms with van der Waals surface area (Å²) in [5.41, 5.74) is 0. The smallest absolute Gasteiger partial charge is 0.409 e. The predicted molar refractivity (Wildman–Crippen MR) is 95.6 cm³/mol. The number of likely N-dealkylation sites (tertiary alicyclic amines) is 2. The van der Waals surface area contributed by atoms with E-state index in [4.69, 9.17) is 4.74 Å². The highest BCUT2D eigenvalue weighted by atomic mass is 16.6. The van der Waals surface area contributed by atoms with E-state index in [0.29, 0.717) is 38.7 Å². The van der Waals surface area contributed by atoms with E-state index >= 15 is 0 Å². The lowest BCUT2D eigenvalue weighted by atomic mass is 10.0. The van der Waals surface area contributed by atoms with Crippen LogP contribution in [-0.2, 0) is 14.3 Å². The minimum atomic E-state index is -0.233. The van der Waals surface area contributed by atoms with Crippen molar-refractivity contribution in [3.05, 3.63) is 0 Å². The molecule has 0 aromatic heterocycles. The van der Waals surface area contributed by atoms with Gasteiger partial charge in [0.1, 0.15) is 0 Å². The van der Waals surface area contributed by atoms with Crippen molar-refractivity contribution in [1.82, 2.24) is 19.6 Å². The van der Waals surface area contributed by atoms with Gasteiger partial charge >= 0.3 is 6.09 Å². The number of hydrogen-bond acceptors (Lipinski definition) is 5. The van der Waals surface area contributed by atoms with Gasteiger partial charge in [-0.2, -0.15) is 0 Å².